The number of ether oxygens (including phenoxy) is 1. The van der Waals surface area contributed by atoms with E-state index in [0.29, 0.717) is 33.4 Å². The molecule has 2 N–H and O–H groups in total. The van der Waals surface area contributed by atoms with Gasteiger partial charge in [-0.25, -0.2) is 14.5 Å². The molecule has 12 heteroatoms. The molecule has 1 aromatic carbocycles. The van der Waals surface area contributed by atoms with E-state index >= 15 is 0 Å². The SMILES string of the molecule is CCCP(=O)(O)Oc1ccc(-c2csc(NC(=O)c3sc(C)nc3C)n2)cc1CCC(=O)OCC. The Morgan fingerprint density at radius 2 is 1.97 bits per heavy atom. The van der Waals surface area contributed by atoms with Gasteiger partial charge in [0.05, 0.1) is 29.2 Å². The van der Waals surface area contributed by atoms with Crippen LogP contribution < -0.4 is 9.84 Å². The van der Waals surface area contributed by atoms with Crippen LogP contribution in [-0.4, -0.2) is 39.5 Å². The van der Waals surface area contributed by atoms with Gasteiger partial charge in [-0.3, -0.25) is 14.9 Å². The van der Waals surface area contributed by atoms with Crippen molar-refractivity contribution in [2.75, 3.05) is 18.1 Å². The molecule has 0 fully saturated rings. The van der Waals surface area contributed by atoms with Crippen molar-refractivity contribution >= 4 is 47.3 Å². The van der Waals surface area contributed by atoms with Gasteiger partial charge in [0, 0.05) is 17.4 Å². The van der Waals surface area contributed by atoms with E-state index in [1.165, 1.54) is 22.7 Å². The van der Waals surface area contributed by atoms with E-state index in [4.69, 9.17) is 9.26 Å². The number of carbonyl (C=O) groups excluding carboxylic acids is 2. The predicted molar refractivity (Wildman–Crippen MR) is 138 cm³/mol. The van der Waals surface area contributed by atoms with Crippen molar-refractivity contribution < 1.29 is 28.3 Å². The minimum absolute atomic E-state index is 0.0277. The van der Waals surface area contributed by atoms with Crippen LogP contribution >= 0.6 is 30.3 Å². The molecule has 1 amide bonds. The average Bonchev–Trinajstić information content (AvgIpc) is 3.38. The molecule has 35 heavy (non-hydrogen) atoms. The number of anilines is 1. The number of aryl methyl sites for hydroxylation is 3. The average molecular weight is 538 g/mol. The molecule has 3 rings (SSSR count). The van der Waals surface area contributed by atoms with Crippen LogP contribution in [0.3, 0.4) is 0 Å². The molecule has 0 saturated heterocycles. The topological polar surface area (TPSA) is 128 Å². The normalized spacial score (nSPS) is 12.7. The van der Waals surface area contributed by atoms with E-state index < -0.39 is 7.60 Å². The van der Waals surface area contributed by atoms with E-state index in [9.17, 15) is 19.0 Å². The molecule has 2 aromatic heterocycles. The van der Waals surface area contributed by atoms with Crippen molar-refractivity contribution in [3.05, 3.63) is 44.7 Å². The van der Waals surface area contributed by atoms with Gasteiger partial charge in [0.25, 0.3) is 5.91 Å². The molecular formula is C23H28N3O6PS2. The highest BCUT2D eigenvalue weighted by Gasteiger charge is 2.22. The Kier molecular flexibility index (Phi) is 9.18. The predicted octanol–water partition coefficient (Wildman–Crippen LogP) is 5.61. The minimum Gasteiger partial charge on any atom is -0.466 e. The van der Waals surface area contributed by atoms with E-state index in [2.05, 4.69) is 15.3 Å². The standard InChI is InChI=1S/C23H28N3O6PS2/c1-5-11-33(29,30)32-19-9-7-16(12-17(19)8-10-20(27)31-6-2)18-13-34-23(25-18)26-22(28)21-14(3)24-15(4)35-21/h7,9,12-13H,5-6,8,10-11H2,1-4H3,(H,29,30)(H,25,26,28). The third-order valence-electron chi connectivity index (χ3n) is 4.84. The Balaban J connectivity index is 1.83. The molecule has 0 radical (unpaired) electrons. The highest BCUT2D eigenvalue weighted by atomic mass is 32.1. The summed E-state index contributed by atoms with van der Waals surface area (Å²) in [7, 11) is -3.81. The molecule has 1 unspecified atom stereocenters. The van der Waals surface area contributed by atoms with Crippen LogP contribution in [0.15, 0.2) is 23.6 Å². The van der Waals surface area contributed by atoms with Gasteiger partial charge in [0.1, 0.15) is 10.6 Å². The van der Waals surface area contributed by atoms with Crippen molar-refractivity contribution in [1.82, 2.24) is 9.97 Å². The second kappa shape index (κ2) is 11.9. The molecule has 3 aromatic rings. The van der Waals surface area contributed by atoms with Crippen molar-refractivity contribution in [2.45, 2.75) is 47.0 Å². The minimum atomic E-state index is -3.81. The summed E-state index contributed by atoms with van der Waals surface area (Å²) in [5.41, 5.74) is 2.61. The number of nitrogens with zero attached hydrogens (tertiary/aromatic N) is 2. The van der Waals surface area contributed by atoms with Crippen molar-refractivity contribution in [3.8, 4) is 17.0 Å². The number of esters is 1. The first-order chi connectivity index (χ1) is 16.6. The van der Waals surface area contributed by atoms with Crippen LogP contribution in [0.1, 0.15) is 52.6 Å². The molecule has 0 bridgehead atoms. The molecule has 9 nitrogen and oxygen atoms in total. The smallest absolute Gasteiger partial charge is 0.376 e. The fraction of sp³-hybridized carbons (Fsp3) is 0.391. The van der Waals surface area contributed by atoms with Crippen LogP contribution in [0.4, 0.5) is 5.13 Å². The second-order valence-electron chi connectivity index (χ2n) is 7.72. The summed E-state index contributed by atoms with van der Waals surface area (Å²) in [6, 6.07) is 5.11. The molecule has 0 saturated carbocycles. The number of rotatable bonds is 11. The molecule has 2 heterocycles. The largest absolute Gasteiger partial charge is 0.466 e. The Bertz CT molecular complexity index is 1260. The number of hydrogen-bond acceptors (Lipinski definition) is 9. The maximum Gasteiger partial charge on any atom is 0.376 e. The van der Waals surface area contributed by atoms with Crippen molar-refractivity contribution in [2.24, 2.45) is 0 Å². The van der Waals surface area contributed by atoms with E-state index in [0.717, 1.165) is 10.6 Å². The van der Waals surface area contributed by atoms with E-state index in [1.54, 1.807) is 44.4 Å². The third-order valence-corrected chi connectivity index (χ3v) is 8.17. The summed E-state index contributed by atoms with van der Waals surface area (Å²) in [6.07, 6.45) is 0.896. The van der Waals surface area contributed by atoms with E-state index in [-0.39, 0.29) is 43.2 Å². The second-order valence-corrected chi connectivity index (χ2v) is 11.7. The summed E-state index contributed by atoms with van der Waals surface area (Å²) in [4.78, 5) is 44.0. The molecule has 0 aliphatic heterocycles. The van der Waals surface area contributed by atoms with Gasteiger partial charge in [-0.05, 0) is 57.4 Å². The first-order valence-corrected chi connectivity index (χ1v) is 14.6. The van der Waals surface area contributed by atoms with E-state index in [1.807, 2.05) is 6.92 Å². The zero-order chi connectivity index (χ0) is 25.6. The van der Waals surface area contributed by atoms with Crippen molar-refractivity contribution in [3.63, 3.8) is 0 Å². The summed E-state index contributed by atoms with van der Waals surface area (Å²) in [6.45, 7) is 7.45. The number of benzene rings is 1. The Morgan fingerprint density at radius 1 is 1.20 bits per heavy atom. The van der Waals surface area contributed by atoms with Crippen molar-refractivity contribution in [1.29, 1.82) is 0 Å². The Morgan fingerprint density at radius 3 is 2.63 bits per heavy atom. The van der Waals surface area contributed by atoms with Gasteiger partial charge in [0.2, 0.25) is 0 Å². The maximum atomic E-state index is 12.6. The molecule has 0 aliphatic rings. The highest BCUT2D eigenvalue weighted by molar-refractivity contribution is 7.53. The summed E-state index contributed by atoms with van der Waals surface area (Å²) >= 11 is 2.61. The molecule has 0 spiro atoms. The first-order valence-electron chi connectivity index (χ1n) is 11.1. The van der Waals surface area contributed by atoms with Crippen LogP contribution in [0.5, 0.6) is 5.75 Å². The lowest BCUT2D eigenvalue weighted by Crippen LogP contribution is -2.11. The monoisotopic (exact) mass is 537 g/mol. The van der Waals surface area contributed by atoms with Gasteiger partial charge in [-0.2, -0.15) is 0 Å². The quantitative estimate of drug-likeness (QED) is 0.239. The first kappa shape index (κ1) is 27.0. The Labute approximate surface area is 212 Å². The molecule has 188 valence electrons. The molecule has 0 aliphatic carbocycles. The van der Waals surface area contributed by atoms with Gasteiger partial charge in [-0.1, -0.05) is 6.92 Å². The number of thiazole rings is 2. The van der Waals surface area contributed by atoms with Gasteiger partial charge in [-0.15, -0.1) is 22.7 Å². The summed E-state index contributed by atoms with van der Waals surface area (Å²) < 4.78 is 22.8. The number of hydrogen-bond donors (Lipinski definition) is 2. The van der Waals surface area contributed by atoms with Gasteiger partial charge < -0.3 is 14.2 Å². The zero-order valence-corrected chi connectivity index (χ0v) is 22.5. The number of amides is 1. The highest BCUT2D eigenvalue weighted by Crippen LogP contribution is 2.45. The zero-order valence-electron chi connectivity index (χ0n) is 20.0. The van der Waals surface area contributed by atoms with Gasteiger partial charge >= 0.3 is 13.6 Å². The van der Waals surface area contributed by atoms with Crippen LogP contribution in [0, 0.1) is 13.8 Å². The summed E-state index contributed by atoms with van der Waals surface area (Å²) in [5, 5.41) is 5.87. The molecule has 1 atom stereocenters. The van der Waals surface area contributed by atoms with Crippen LogP contribution in [0.2, 0.25) is 0 Å². The van der Waals surface area contributed by atoms with Crippen LogP contribution in [-0.2, 0) is 20.5 Å². The maximum absolute atomic E-state index is 12.6. The lowest BCUT2D eigenvalue weighted by atomic mass is 10.0. The van der Waals surface area contributed by atoms with Gasteiger partial charge in [0.15, 0.2) is 5.13 Å². The third kappa shape index (κ3) is 7.44. The fourth-order valence-electron chi connectivity index (χ4n) is 3.33. The molecular weight excluding hydrogens is 509 g/mol. The number of carbonyl (C=O) groups is 2. The lowest BCUT2D eigenvalue weighted by molar-refractivity contribution is -0.143. The lowest BCUT2D eigenvalue weighted by Gasteiger charge is -2.16. The summed E-state index contributed by atoms with van der Waals surface area (Å²) in [5.74, 6) is -0.378. The number of aromatic nitrogens is 2. The Hall–Kier alpha value is -2.59. The fourth-order valence-corrected chi connectivity index (χ4v) is 6.01. The van der Waals surface area contributed by atoms with Crippen LogP contribution in [0.25, 0.3) is 11.3 Å². The number of nitrogens with one attached hydrogen (secondary N) is 1.